The van der Waals surface area contributed by atoms with Gasteiger partial charge in [-0.25, -0.2) is 0 Å². The third-order valence-corrected chi connectivity index (χ3v) is 1.28. The van der Waals surface area contributed by atoms with Gasteiger partial charge in [0.05, 0.1) is 0 Å². The van der Waals surface area contributed by atoms with Crippen LogP contribution < -0.4 is 0 Å². The maximum absolute atomic E-state index is 11.0. The van der Waals surface area contributed by atoms with Crippen molar-refractivity contribution in [1.29, 1.82) is 0 Å². The monoisotopic (exact) mass is 182 g/mol. The number of aliphatic hydroxyl groups excluding tert-OH is 1. The molecule has 1 N–H and O–H groups in total. The van der Waals surface area contributed by atoms with E-state index in [4.69, 9.17) is 5.11 Å². The average Bonchev–Trinajstić information content (AvgIpc) is 1.99. The number of ketones is 2. The molecule has 0 aromatic heterocycles. The van der Waals surface area contributed by atoms with Crippen molar-refractivity contribution in [2.24, 2.45) is 0 Å². The maximum Gasteiger partial charge on any atom is 0.308 e. The summed E-state index contributed by atoms with van der Waals surface area (Å²) in [5.74, 6) is -3.17. The highest BCUT2D eigenvalue weighted by Gasteiger charge is 2.21. The van der Waals surface area contributed by atoms with E-state index >= 15 is 0 Å². The molecule has 13 heavy (non-hydrogen) atoms. The third kappa shape index (κ3) is 2.02. The second-order valence-corrected chi connectivity index (χ2v) is 2.36. The third-order valence-electron chi connectivity index (χ3n) is 1.28. The number of esters is 1. The Morgan fingerprint density at radius 3 is 2.46 bits per heavy atom. The summed E-state index contributed by atoms with van der Waals surface area (Å²) in [7, 11) is 0. The molecule has 5 heteroatoms. The van der Waals surface area contributed by atoms with Crippen LogP contribution in [-0.2, 0) is 19.1 Å². The summed E-state index contributed by atoms with van der Waals surface area (Å²) in [6, 6.07) is 0. The van der Waals surface area contributed by atoms with Crippen LogP contribution in [0.2, 0.25) is 0 Å². The van der Waals surface area contributed by atoms with Gasteiger partial charge in [-0.15, -0.1) is 0 Å². The molecule has 0 aromatic rings. The fraction of sp³-hybridized carbons (Fsp3) is 0.125. The first-order chi connectivity index (χ1) is 6.00. The van der Waals surface area contributed by atoms with Gasteiger partial charge in [0.15, 0.2) is 11.5 Å². The molecule has 68 valence electrons. The van der Waals surface area contributed by atoms with E-state index in [1.54, 1.807) is 0 Å². The lowest BCUT2D eigenvalue weighted by atomic mass is 10.1. The quantitative estimate of drug-likeness (QED) is 0.457. The summed E-state index contributed by atoms with van der Waals surface area (Å²) in [4.78, 5) is 32.2. The summed E-state index contributed by atoms with van der Waals surface area (Å²) < 4.78 is 4.42. The Bertz CT molecular complexity index is 348. The van der Waals surface area contributed by atoms with Crippen LogP contribution in [0.1, 0.15) is 6.92 Å². The minimum Gasteiger partial charge on any atom is -0.504 e. The summed E-state index contributed by atoms with van der Waals surface area (Å²) in [5, 5.41) is 8.81. The Labute approximate surface area is 73.3 Å². The minimum atomic E-state index is -0.754. The summed E-state index contributed by atoms with van der Waals surface area (Å²) in [6.45, 7) is 1.11. The van der Waals surface area contributed by atoms with Crippen LogP contribution in [0.15, 0.2) is 23.7 Å². The predicted octanol–water partition coefficient (Wildman–Crippen LogP) is 0.0271. The van der Waals surface area contributed by atoms with Crippen LogP contribution >= 0.6 is 0 Å². The number of hydrogen-bond donors (Lipinski definition) is 1. The van der Waals surface area contributed by atoms with Gasteiger partial charge in [-0.2, -0.15) is 0 Å². The average molecular weight is 182 g/mol. The van der Waals surface area contributed by atoms with Crippen molar-refractivity contribution in [3.8, 4) is 0 Å². The fourth-order valence-corrected chi connectivity index (χ4v) is 0.765. The molecular weight excluding hydrogens is 176 g/mol. The molecular formula is C8H6O5. The number of ether oxygens (including phenoxy) is 1. The number of carbonyl (C=O) groups is 3. The van der Waals surface area contributed by atoms with Crippen molar-refractivity contribution < 1.29 is 24.2 Å². The molecule has 0 heterocycles. The van der Waals surface area contributed by atoms with E-state index in [0.29, 0.717) is 6.08 Å². The Hall–Kier alpha value is -1.91. The van der Waals surface area contributed by atoms with Crippen LogP contribution in [0.5, 0.6) is 0 Å². The van der Waals surface area contributed by atoms with E-state index in [0.717, 1.165) is 13.0 Å². The van der Waals surface area contributed by atoms with Crippen LogP contribution in [0.25, 0.3) is 0 Å². The van der Waals surface area contributed by atoms with Gasteiger partial charge in [-0.05, 0) is 0 Å². The molecule has 1 aliphatic carbocycles. The molecule has 1 rings (SSSR count). The first kappa shape index (κ1) is 9.18. The molecule has 1 aliphatic rings. The van der Waals surface area contributed by atoms with Crippen LogP contribution in [-0.4, -0.2) is 22.6 Å². The van der Waals surface area contributed by atoms with Gasteiger partial charge in [-0.3, -0.25) is 14.4 Å². The fourth-order valence-electron chi connectivity index (χ4n) is 0.765. The first-order valence-corrected chi connectivity index (χ1v) is 3.40. The molecule has 0 saturated heterocycles. The molecule has 0 spiro atoms. The molecule has 0 aromatic carbocycles. The van der Waals surface area contributed by atoms with Crippen molar-refractivity contribution in [2.75, 3.05) is 0 Å². The second kappa shape index (κ2) is 3.22. The van der Waals surface area contributed by atoms with Crippen molar-refractivity contribution >= 4 is 17.5 Å². The molecule has 0 amide bonds. The lowest BCUT2D eigenvalue weighted by molar-refractivity contribution is -0.139. The normalized spacial score (nSPS) is 16.4. The van der Waals surface area contributed by atoms with Gasteiger partial charge in [0.2, 0.25) is 11.6 Å². The molecule has 0 fully saturated rings. The van der Waals surface area contributed by atoms with Crippen molar-refractivity contribution in [3.05, 3.63) is 23.7 Å². The predicted molar refractivity (Wildman–Crippen MR) is 40.6 cm³/mol. The maximum atomic E-state index is 11.0. The van der Waals surface area contributed by atoms with Gasteiger partial charge >= 0.3 is 5.97 Å². The van der Waals surface area contributed by atoms with E-state index < -0.39 is 23.3 Å². The molecule has 0 aliphatic heterocycles. The van der Waals surface area contributed by atoms with E-state index in [1.165, 1.54) is 0 Å². The lowest BCUT2D eigenvalue weighted by Gasteiger charge is -2.06. The zero-order chi connectivity index (χ0) is 10.0. The van der Waals surface area contributed by atoms with Gasteiger partial charge in [-0.1, -0.05) is 0 Å². The number of carbonyl (C=O) groups excluding carboxylic acids is 3. The smallest absolute Gasteiger partial charge is 0.308 e. The standard InChI is InChI=1S/C8H6O5/c1-4(9)13-8-3-6(11)5(10)2-7(8)12/h2-3,10H,1H3. The molecule has 0 atom stereocenters. The van der Waals surface area contributed by atoms with Gasteiger partial charge < -0.3 is 9.84 Å². The lowest BCUT2D eigenvalue weighted by Crippen LogP contribution is -2.16. The minimum absolute atomic E-state index is 0.365. The van der Waals surface area contributed by atoms with Gasteiger partial charge in [0.1, 0.15) is 0 Å². The molecule has 0 unspecified atom stereocenters. The summed E-state index contributed by atoms with van der Waals surface area (Å²) in [5.41, 5.74) is 0. The number of rotatable bonds is 1. The second-order valence-electron chi connectivity index (χ2n) is 2.36. The van der Waals surface area contributed by atoms with Crippen LogP contribution in [0.3, 0.4) is 0 Å². The van der Waals surface area contributed by atoms with E-state index in [1.807, 2.05) is 0 Å². The zero-order valence-electron chi connectivity index (χ0n) is 6.73. The Morgan fingerprint density at radius 1 is 1.31 bits per heavy atom. The summed E-state index contributed by atoms with van der Waals surface area (Å²) >= 11 is 0. The molecule has 0 bridgehead atoms. The van der Waals surface area contributed by atoms with Crippen molar-refractivity contribution in [3.63, 3.8) is 0 Å². The number of allylic oxidation sites excluding steroid dienone is 2. The van der Waals surface area contributed by atoms with E-state index in [2.05, 4.69) is 4.74 Å². The summed E-state index contributed by atoms with van der Waals surface area (Å²) in [6.07, 6.45) is 1.49. The largest absolute Gasteiger partial charge is 0.504 e. The first-order valence-electron chi connectivity index (χ1n) is 3.40. The molecule has 0 radical (unpaired) electrons. The van der Waals surface area contributed by atoms with Crippen molar-refractivity contribution in [2.45, 2.75) is 6.92 Å². The van der Waals surface area contributed by atoms with Crippen LogP contribution in [0.4, 0.5) is 0 Å². The van der Waals surface area contributed by atoms with Gasteiger partial charge in [0, 0.05) is 19.1 Å². The SMILES string of the molecule is CC(=O)OC1=CC(=O)C(O)=CC1=O. The van der Waals surface area contributed by atoms with Crippen molar-refractivity contribution in [1.82, 2.24) is 0 Å². The topological polar surface area (TPSA) is 80.7 Å². The number of hydrogen-bond acceptors (Lipinski definition) is 5. The van der Waals surface area contributed by atoms with E-state index in [-0.39, 0.29) is 5.76 Å². The Morgan fingerprint density at radius 2 is 1.92 bits per heavy atom. The van der Waals surface area contributed by atoms with Gasteiger partial charge in [0.25, 0.3) is 0 Å². The highest BCUT2D eigenvalue weighted by atomic mass is 16.5. The number of aliphatic hydroxyl groups is 1. The molecule has 0 saturated carbocycles. The van der Waals surface area contributed by atoms with Crippen LogP contribution in [0, 0.1) is 0 Å². The Kier molecular flexibility index (Phi) is 2.27. The zero-order valence-corrected chi connectivity index (χ0v) is 6.73. The Balaban J connectivity index is 2.89. The highest BCUT2D eigenvalue weighted by Crippen LogP contribution is 2.10. The highest BCUT2D eigenvalue weighted by molar-refractivity contribution is 6.18. The van der Waals surface area contributed by atoms with E-state index in [9.17, 15) is 14.4 Å². The molecule has 5 nitrogen and oxygen atoms in total.